The van der Waals surface area contributed by atoms with E-state index >= 15 is 0 Å². The molecule has 2 N–H and O–H groups in total. The quantitative estimate of drug-likeness (QED) is 0.559. The number of carbonyl (C=O) groups excluding carboxylic acids is 2. The minimum absolute atomic E-state index is 0.0698. The van der Waals surface area contributed by atoms with E-state index in [0.29, 0.717) is 15.7 Å². The van der Waals surface area contributed by atoms with Gasteiger partial charge in [-0.05, 0) is 37.3 Å². The summed E-state index contributed by atoms with van der Waals surface area (Å²) in [5, 5.41) is 12.9. The molecule has 0 saturated heterocycles. The molecule has 0 bridgehead atoms. The fraction of sp³-hybridized carbons (Fsp3) is 0.158. The third-order valence-corrected chi connectivity index (χ3v) is 4.55. The number of rotatable bonds is 5. The molecule has 0 radical (unpaired) electrons. The van der Waals surface area contributed by atoms with Crippen LogP contribution in [-0.4, -0.2) is 26.8 Å². The first kappa shape index (κ1) is 22.6. The van der Waals surface area contributed by atoms with Gasteiger partial charge >= 0.3 is 6.18 Å². The first-order chi connectivity index (χ1) is 14.5. The molecule has 0 saturated carbocycles. The maximum absolute atomic E-state index is 13.1. The van der Waals surface area contributed by atoms with Crippen molar-refractivity contribution in [2.24, 2.45) is 0 Å². The Bertz CT molecular complexity index is 1130. The second-order valence-corrected chi connectivity index (χ2v) is 7.26. The lowest BCUT2D eigenvalue weighted by Crippen LogP contribution is -2.22. The lowest BCUT2D eigenvalue weighted by Gasteiger charge is -2.13. The topological polar surface area (TPSA) is 88.9 Å². The highest BCUT2D eigenvalue weighted by Gasteiger charge is 2.33. The van der Waals surface area contributed by atoms with Crippen LogP contribution in [0.25, 0.3) is 0 Å². The lowest BCUT2D eigenvalue weighted by atomic mass is 10.1. The van der Waals surface area contributed by atoms with Crippen LogP contribution in [0.15, 0.2) is 42.5 Å². The fourth-order valence-corrected chi connectivity index (χ4v) is 3.23. The zero-order valence-corrected chi connectivity index (χ0v) is 17.3. The van der Waals surface area contributed by atoms with Crippen molar-refractivity contribution < 1.29 is 22.8 Å². The first-order valence-electron chi connectivity index (χ1n) is 8.68. The fourth-order valence-electron chi connectivity index (χ4n) is 2.70. The van der Waals surface area contributed by atoms with Gasteiger partial charge in [0.1, 0.15) is 6.54 Å². The van der Waals surface area contributed by atoms with E-state index in [-0.39, 0.29) is 17.1 Å². The molecule has 1 aromatic heterocycles. The average Bonchev–Trinajstić information content (AvgIpc) is 3.01. The molecule has 0 unspecified atom stereocenters. The Morgan fingerprint density at radius 3 is 2.35 bits per heavy atom. The van der Waals surface area contributed by atoms with Crippen molar-refractivity contribution in [3.8, 4) is 0 Å². The van der Waals surface area contributed by atoms with Crippen LogP contribution < -0.4 is 10.6 Å². The number of aromatic nitrogens is 3. The predicted molar refractivity (Wildman–Crippen MR) is 109 cm³/mol. The van der Waals surface area contributed by atoms with Crippen molar-refractivity contribution in [2.45, 2.75) is 19.6 Å². The molecule has 31 heavy (non-hydrogen) atoms. The van der Waals surface area contributed by atoms with Crippen LogP contribution in [0, 0.1) is 6.92 Å². The van der Waals surface area contributed by atoms with Crippen molar-refractivity contribution in [1.29, 1.82) is 0 Å². The Morgan fingerprint density at radius 1 is 1.06 bits per heavy atom. The van der Waals surface area contributed by atoms with Crippen molar-refractivity contribution in [3.63, 3.8) is 0 Å². The van der Waals surface area contributed by atoms with Gasteiger partial charge in [-0.1, -0.05) is 40.5 Å². The van der Waals surface area contributed by atoms with E-state index in [0.717, 1.165) is 16.8 Å². The van der Waals surface area contributed by atoms with Gasteiger partial charge in [0.05, 0.1) is 16.9 Å². The van der Waals surface area contributed by atoms with Crippen LogP contribution >= 0.6 is 23.2 Å². The summed E-state index contributed by atoms with van der Waals surface area (Å²) in [4.78, 5) is 24.7. The number of benzene rings is 2. The van der Waals surface area contributed by atoms with Crippen LogP contribution in [-0.2, 0) is 17.5 Å². The highest BCUT2D eigenvalue weighted by atomic mass is 35.5. The summed E-state index contributed by atoms with van der Waals surface area (Å²) in [6.45, 7) is 1.05. The summed E-state index contributed by atoms with van der Waals surface area (Å²) in [6.07, 6.45) is -4.62. The molecule has 162 valence electrons. The minimum atomic E-state index is -4.62. The molecule has 12 heteroatoms. The zero-order valence-electron chi connectivity index (χ0n) is 15.8. The van der Waals surface area contributed by atoms with E-state index in [1.807, 2.05) is 0 Å². The SMILES string of the molecule is Cc1c(C(=O)Nc2cc(Cl)cc(Cl)c2)nnn1CC(=O)Nc1ccccc1C(F)(F)F. The summed E-state index contributed by atoms with van der Waals surface area (Å²) >= 11 is 11.8. The molecular weight excluding hydrogens is 458 g/mol. The average molecular weight is 472 g/mol. The van der Waals surface area contributed by atoms with Gasteiger partial charge in [-0.25, -0.2) is 4.68 Å². The van der Waals surface area contributed by atoms with E-state index in [2.05, 4.69) is 20.9 Å². The first-order valence-corrected chi connectivity index (χ1v) is 9.44. The molecule has 1 heterocycles. The highest BCUT2D eigenvalue weighted by Crippen LogP contribution is 2.34. The maximum atomic E-state index is 13.1. The van der Waals surface area contributed by atoms with E-state index in [9.17, 15) is 22.8 Å². The number of alkyl halides is 3. The van der Waals surface area contributed by atoms with Crippen LogP contribution in [0.5, 0.6) is 0 Å². The molecule has 2 aromatic carbocycles. The molecule has 3 aromatic rings. The van der Waals surface area contributed by atoms with Gasteiger partial charge in [0, 0.05) is 15.7 Å². The molecule has 0 aliphatic rings. The number of amides is 2. The van der Waals surface area contributed by atoms with Gasteiger partial charge in [-0.3, -0.25) is 9.59 Å². The van der Waals surface area contributed by atoms with Crippen LogP contribution in [0.1, 0.15) is 21.7 Å². The third kappa shape index (κ3) is 5.53. The summed E-state index contributed by atoms with van der Waals surface area (Å²) in [5.41, 5.74) is -0.852. The molecule has 0 aliphatic carbocycles. The minimum Gasteiger partial charge on any atom is -0.324 e. The normalized spacial score (nSPS) is 11.3. The molecule has 0 aliphatic heterocycles. The molecule has 2 amide bonds. The largest absolute Gasteiger partial charge is 0.418 e. The van der Waals surface area contributed by atoms with Gasteiger partial charge in [0.15, 0.2) is 5.69 Å². The van der Waals surface area contributed by atoms with Crippen molar-refractivity contribution >= 4 is 46.4 Å². The van der Waals surface area contributed by atoms with E-state index < -0.39 is 30.1 Å². The van der Waals surface area contributed by atoms with Gasteiger partial charge in [-0.15, -0.1) is 5.10 Å². The Morgan fingerprint density at radius 2 is 1.71 bits per heavy atom. The molecular formula is C19H14Cl2F3N5O2. The van der Waals surface area contributed by atoms with Crippen molar-refractivity contribution in [1.82, 2.24) is 15.0 Å². The van der Waals surface area contributed by atoms with Gasteiger partial charge in [0.2, 0.25) is 5.91 Å². The van der Waals surface area contributed by atoms with Crippen molar-refractivity contribution in [3.05, 3.63) is 69.5 Å². The van der Waals surface area contributed by atoms with E-state index in [1.165, 1.54) is 37.3 Å². The Kier molecular flexibility index (Phi) is 6.51. The van der Waals surface area contributed by atoms with Crippen LogP contribution in [0.3, 0.4) is 0 Å². The number of anilines is 2. The Balaban J connectivity index is 1.72. The van der Waals surface area contributed by atoms with Crippen LogP contribution in [0.2, 0.25) is 10.0 Å². The summed E-state index contributed by atoms with van der Waals surface area (Å²) in [7, 11) is 0. The third-order valence-electron chi connectivity index (χ3n) is 4.12. The zero-order chi connectivity index (χ0) is 22.8. The molecule has 7 nitrogen and oxygen atoms in total. The number of halogens is 5. The standard InChI is InChI=1S/C19H14Cl2F3N5O2/c1-10-17(18(31)25-13-7-11(20)6-12(21)8-13)27-28-29(10)9-16(30)26-15-5-3-2-4-14(15)19(22,23)24/h2-8H,9H2,1H3,(H,25,31)(H,26,30). The lowest BCUT2D eigenvalue weighted by molar-refractivity contribution is -0.137. The van der Waals surface area contributed by atoms with Gasteiger partial charge in [0.25, 0.3) is 5.91 Å². The number of carbonyl (C=O) groups is 2. The molecule has 3 rings (SSSR count). The number of para-hydroxylation sites is 1. The van der Waals surface area contributed by atoms with Crippen molar-refractivity contribution in [2.75, 3.05) is 10.6 Å². The molecule has 0 fully saturated rings. The summed E-state index contributed by atoms with van der Waals surface area (Å²) in [5.74, 6) is -1.39. The Hall–Kier alpha value is -3.11. The van der Waals surface area contributed by atoms with E-state index in [4.69, 9.17) is 23.2 Å². The predicted octanol–water partition coefficient (Wildman–Crippen LogP) is 4.80. The second-order valence-electron chi connectivity index (χ2n) is 6.38. The molecule has 0 atom stereocenters. The smallest absolute Gasteiger partial charge is 0.324 e. The number of hydrogen-bond donors (Lipinski definition) is 2. The highest BCUT2D eigenvalue weighted by molar-refractivity contribution is 6.35. The molecule has 0 spiro atoms. The number of nitrogens with one attached hydrogen (secondary N) is 2. The van der Waals surface area contributed by atoms with Gasteiger partial charge in [-0.2, -0.15) is 13.2 Å². The number of hydrogen-bond acceptors (Lipinski definition) is 4. The Labute approximate surface area is 184 Å². The van der Waals surface area contributed by atoms with E-state index in [1.54, 1.807) is 0 Å². The summed E-state index contributed by atoms with van der Waals surface area (Å²) < 4.78 is 40.3. The van der Waals surface area contributed by atoms with Crippen LogP contribution in [0.4, 0.5) is 24.5 Å². The monoisotopic (exact) mass is 471 g/mol. The second kappa shape index (κ2) is 8.94. The number of nitrogens with zero attached hydrogens (tertiary/aromatic N) is 3. The van der Waals surface area contributed by atoms with Gasteiger partial charge < -0.3 is 10.6 Å². The summed E-state index contributed by atoms with van der Waals surface area (Å²) in [6, 6.07) is 9.06. The maximum Gasteiger partial charge on any atom is 0.418 e.